The van der Waals surface area contributed by atoms with Crippen LogP contribution in [-0.4, -0.2) is 22.3 Å². The van der Waals surface area contributed by atoms with Gasteiger partial charge in [0.15, 0.2) is 0 Å². The summed E-state index contributed by atoms with van der Waals surface area (Å²) in [4.78, 5) is 13.8. The van der Waals surface area contributed by atoms with E-state index in [9.17, 15) is 9.90 Å². The summed E-state index contributed by atoms with van der Waals surface area (Å²) >= 11 is 0. The quantitative estimate of drug-likeness (QED) is 0.562. The predicted octanol–water partition coefficient (Wildman–Crippen LogP) is 7.32. The monoisotopic (exact) mass is 423 g/mol. The van der Waals surface area contributed by atoms with E-state index in [0.717, 1.165) is 33.7 Å². The number of ether oxygens (including phenoxy) is 1. The van der Waals surface area contributed by atoms with Crippen molar-refractivity contribution in [1.82, 2.24) is 0 Å². The standard InChI is InChI=1S/C27H37NO3/c1-15(2)19-11-13-20(14-12-19)22-21-18(5)23(28(25(29)30)26(6,7)8)16(3)17(4)24(21)31-27(22,9)10/h11-15,22H,1-10H3,(H,29,30). The van der Waals surface area contributed by atoms with Gasteiger partial charge in [0.2, 0.25) is 0 Å². The molecule has 1 amide bonds. The predicted molar refractivity (Wildman–Crippen MR) is 128 cm³/mol. The highest BCUT2D eigenvalue weighted by atomic mass is 16.5. The minimum absolute atomic E-state index is 0.0253. The lowest BCUT2D eigenvalue weighted by atomic mass is 9.77. The summed E-state index contributed by atoms with van der Waals surface area (Å²) in [5.41, 5.74) is 6.35. The van der Waals surface area contributed by atoms with Crippen molar-refractivity contribution in [2.24, 2.45) is 0 Å². The number of hydrogen-bond donors (Lipinski definition) is 1. The summed E-state index contributed by atoms with van der Waals surface area (Å²) in [6.45, 7) is 20.5. The van der Waals surface area contributed by atoms with Gasteiger partial charge in [-0.3, -0.25) is 4.90 Å². The Labute approximate surface area is 187 Å². The van der Waals surface area contributed by atoms with E-state index in [1.54, 1.807) is 0 Å². The molecule has 1 aliphatic rings. The number of rotatable bonds is 3. The van der Waals surface area contributed by atoms with E-state index in [0.29, 0.717) is 5.92 Å². The zero-order valence-corrected chi connectivity index (χ0v) is 20.7. The van der Waals surface area contributed by atoms with Crippen LogP contribution in [0.5, 0.6) is 5.75 Å². The van der Waals surface area contributed by atoms with Crippen molar-refractivity contribution in [1.29, 1.82) is 0 Å². The van der Waals surface area contributed by atoms with Crippen LogP contribution in [0.1, 0.15) is 93.7 Å². The fraction of sp³-hybridized carbons (Fsp3) is 0.519. The smallest absolute Gasteiger partial charge is 0.412 e. The molecular weight excluding hydrogens is 386 g/mol. The van der Waals surface area contributed by atoms with Crippen LogP contribution >= 0.6 is 0 Å². The van der Waals surface area contributed by atoms with Crippen LogP contribution in [0.3, 0.4) is 0 Å². The van der Waals surface area contributed by atoms with Gasteiger partial charge in [0, 0.05) is 11.1 Å². The van der Waals surface area contributed by atoms with Gasteiger partial charge in [0.05, 0.1) is 11.6 Å². The topological polar surface area (TPSA) is 49.8 Å². The van der Waals surface area contributed by atoms with Gasteiger partial charge < -0.3 is 9.84 Å². The van der Waals surface area contributed by atoms with Gasteiger partial charge >= 0.3 is 6.09 Å². The third-order valence-electron chi connectivity index (χ3n) is 6.63. The molecule has 3 rings (SSSR count). The number of carboxylic acid groups (broad SMARTS) is 1. The summed E-state index contributed by atoms with van der Waals surface area (Å²) in [6, 6.07) is 8.80. The number of nitrogens with zero attached hydrogens (tertiary/aromatic N) is 1. The van der Waals surface area contributed by atoms with Crippen LogP contribution in [0.25, 0.3) is 0 Å². The second kappa shape index (κ2) is 7.58. The molecule has 2 aromatic rings. The van der Waals surface area contributed by atoms with Crippen LogP contribution in [0.4, 0.5) is 10.5 Å². The lowest BCUT2D eigenvalue weighted by molar-refractivity contribution is 0.121. The van der Waals surface area contributed by atoms with Crippen LogP contribution in [-0.2, 0) is 0 Å². The van der Waals surface area contributed by atoms with E-state index in [-0.39, 0.29) is 5.92 Å². The molecule has 0 spiro atoms. The number of fused-ring (bicyclic) bond motifs is 1. The Hall–Kier alpha value is -2.49. The van der Waals surface area contributed by atoms with Crippen molar-refractivity contribution in [3.05, 3.63) is 57.6 Å². The van der Waals surface area contributed by atoms with Crippen LogP contribution in [0, 0.1) is 20.8 Å². The second-order valence-corrected chi connectivity index (χ2v) is 10.7. The molecule has 0 saturated heterocycles. The SMILES string of the molecule is Cc1c(C)c(N(C(=O)O)C(C)(C)C)c(C)c2c1OC(C)(C)C2c1ccc(C(C)C)cc1. The Morgan fingerprint density at radius 2 is 1.58 bits per heavy atom. The molecule has 168 valence electrons. The molecule has 4 nitrogen and oxygen atoms in total. The first-order valence-electron chi connectivity index (χ1n) is 11.1. The average molecular weight is 424 g/mol. The van der Waals surface area contributed by atoms with Crippen molar-refractivity contribution in [2.45, 2.75) is 92.2 Å². The van der Waals surface area contributed by atoms with Crippen molar-refractivity contribution in [3.8, 4) is 5.75 Å². The van der Waals surface area contributed by atoms with Gasteiger partial charge in [0.1, 0.15) is 11.4 Å². The number of amides is 1. The maximum Gasteiger partial charge on any atom is 0.412 e. The third-order valence-corrected chi connectivity index (χ3v) is 6.63. The molecule has 0 aliphatic carbocycles. The first kappa shape index (κ1) is 23.2. The molecule has 0 radical (unpaired) electrons. The molecular formula is C27H37NO3. The van der Waals surface area contributed by atoms with Gasteiger partial charge in [-0.1, -0.05) is 38.1 Å². The summed E-state index contributed by atoms with van der Waals surface area (Å²) in [5.74, 6) is 1.40. The Morgan fingerprint density at radius 1 is 1.03 bits per heavy atom. The van der Waals surface area contributed by atoms with Gasteiger partial charge in [-0.05, 0) is 89.1 Å². The van der Waals surface area contributed by atoms with Gasteiger partial charge in [-0.2, -0.15) is 0 Å². The zero-order valence-electron chi connectivity index (χ0n) is 20.7. The fourth-order valence-corrected chi connectivity index (χ4v) is 4.97. The zero-order chi connectivity index (χ0) is 23.5. The van der Waals surface area contributed by atoms with Crippen molar-refractivity contribution in [3.63, 3.8) is 0 Å². The minimum Gasteiger partial charge on any atom is -0.486 e. The molecule has 2 aromatic carbocycles. The molecule has 1 heterocycles. The number of benzene rings is 2. The molecule has 0 saturated carbocycles. The molecule has 4 heteroatoms. The normalized spacial score (nSPS) is 17.5. The van der Waals surface area contributed by atoms with Crippen LogP contribution in [0.15, 0.2) is 24.3 Å². The van der Waals surface area contributed by atoms with E-state index < -0.39 is 17.2 Å². The van der Waals surface area contributed by atoms with Gasteiger partial charge in [-0.25, -0.2) is 4.79 Å². The molecule has 0 bridgehead atoms. The van der Waals surface area contributed by atoms with E-state index in [1.165, 1.54) is 16.0 Å². The van der Waals surface area contributed by atoms with Crippen molar-refractivity contribution < 1.29 is 14.6 Å². The Kier molecular flexibility index (Phi) is 5.67. The first-order valence-corrected chi connectivity index (χ1v) is 11.1. The van der Waals surface area contributed by atoms with E-state index in [1.807, 2.05) is 41.5 Å². The minimum atomic E-state index is -0.936. The lowest BCUT2D eigenvalue weighted by Gasteiger charge is -2.36. The molecule has 1 aliphatic heterocycles. The van der Waals surface area contributed by atoms with Crippen molar-refractivity contribution in [2.75, 3.05) is 4.90 Å². The van der Waals surface area contributed by atoms with Gasteiger partial charge in [-0.15, -0.1) is 0 Å². The number of hydrogen-bond acceptors (Lipinski definition) is 2. The van der Waals surface area contributed by atoms with E-state index >= 15 is 0 Å². The maximum absolute atomic E-state index is 12.3. The summed E-state index contributed by atoms with van der Waals surface area (Å²) < 4.78 is 6.55. The lowest BCUT2D eigenvalue weighted by Crippen LogP contribution is -2.46. The second-order valence-electron chi connectivity index (χ2n) is 10.7. The Bertz CT molecular complexity index is 1010. The highest BCUT2D eigenvalue weighted by Crippen LogP contribution is 2.54. The Balaban J connectivity index is 2.30. The average Bonchev–Trinajstić information content (AvgIpc) is 2.93. The number of carbonyl (C=O) groups is 1. The molecule has 1 unspecified atom stereocenters. The highest BCUT2D eigenvalue weighted by molar-refractivity contribution is 5.91. The van der Waals surface area contributed by atoms with Crippen LogP contribution in [0.2, 0.25) is 0 Å². The summed E-state index contributed by atoms with van der Waals surface area (Å²) in [7, 11) is 0. The first-order chi connectivity index (χ1) is 14.2. The van der Waals surface area contributed by atoms with Crippen molar-refractivity contribution >= 4 is 11.8 Å². The molecule has 31 heavy (non-hydrogen) atoms. The van der Waals surface area contributed by atoms with Gasteiger partial charge in [0.25, 0.3) is 0 Å². The molecule has 0 fully saturated rings. The maximum atomic E-state index is 12.3. The van der Waals surface area contributed by atoms with E-state index in [4.69, 9.17) is 4.74 Å². The van der Waals surface area contributed by atoms with E-state index in [2.05, 4.69) is 52.0 Å². The third kappa shape index (κ3) is 3.81. The summed E-state index contributed by atoms with van der Waals surface area (Å²) in [5, 5.41) is 10.1. The highest BCUT2D eigenvalue weighted by Gasteiger charge is 2.46. The molecule has 1 N–H and O–H groups in total. The number of anilines is 1. The fourth-order valence-electron chi connectivity index (χ4n) is 4.97. The summed E-state index contributed by atoms with van der Waals surface area (Å²) in [6.07, 6.45) is -0.936. The Morgan fingerprint density at radius 3 is 2.03 bits per heavy atom. The molecule has 1 atom stereocenters. The molecule has 0 aromatic heterocycles. The largest absolute Gasteiger partial charge is 0.486 e. The van der Waals surface area contributed by atoms with Crippen LogP contribution < -0.4 is 9.64 Å².